The van der Waals surface area contributed by atoms with E-state index >= 15 is 0 Å². The Morgan fingerprint density at radius 2 is 1.93 bits per heavy atom. The van der Waals surface area contributed by atoms with Crippen molar-refractivity contribution < 1.29 is 22.0 Å². The van der Waals surface area contributed by atoms with E-state index in [-0.39, 0.29) is 23.5 Å². The molecular weight excluding hydrogens is 402 g/mol. The predicted molar refractivity (Wildman–Crippen MR) is 103 cm³/mol. The fourth-order valence-electron chi connectivity index (χ4n) is 3.11. The molecule has 1 aromatic carbocycles. The summed E-state index contributed by atoms with van der Waals surface area (Å²) in [6.07, 6.45) is 2.71. The number of carbonyl (C=O) groups excluding carboxylic acids is 1. The fourth-order valence-corrected chi connectivity index (χ4v) is 4.70. The summed E-state index contributed by atoms with van der Waals surface area (Å²) in [5.74, 6) is -2.56. The van der Waals surface area contributed by atoms with Crippen molar-refractivity contribution in [1.82, 2.24) is 9.97 Å². The zero-order chi connectivity index (χ0) is 21.6. The van der Waals surface area contributed by atoms with Gasteiger partial charge >= 0.3 is 0 Å². The van der Waals surface area contributed by atoms with Gasteiger partial charge in [0.15, 0.2) is 15.6 Å². The molecule has 0 saturated carbocycles. The first-order valence-corrected chi connectivity index (χ1v) is 10.4. The molecule has 0 saturated heterocycles. The topological polar surface area (TPSA) is 115 Å². The van der Waals surface area contributed by atoms with Gasteiger partial charge in [-0.1, -0.05) is 6.07 Å². The number of benzene rings is 1. The van der Waals surface area contributed by atoms with Crippen molar-refractivity contribution >= 4 is 21.5 Å². The van der Waals surface area contributed by atoms with Gasteiger partial charge in [-0.3, -0.25) is 14.8 Å². The van der Waals surface area contributed by atoms with Gasteiger partial charge in [-0.15, -0.1) is 0 Å². The Labute approximate surface area is 167 Å². The Bertz CT molecular complexity index is 1110. The molecule has 1 aromatic heterocycles. The average Bonchev–Trinajstić information content (AvgIpc) is 2.62. The molecule has 2 N–H and O–H groups in total. The quantitative estimate of drug-likeness (QED) is 0.754. The minimum Gasteiger partial charge on any atom is -0.384 e. The molecule has 1 aliphatic heterocycles. The lowest BCUT2D eigenvalue weighted by Crippen LogP contribution is -2.54. The van der Waals surface area contributed by atoms with E-state index in [1.165, 1.54) is 31.5 Å². The van der Waals surface area contributed by atoms with E-state index < -0.39 is 37.8 Å². The number of nitrogens with zero attached hydrogens (tertiary/aromatic N) is 3. The summed E-state index contributed by atoms with van der Waals surface area (Å²) < 4.78 is 53.8. The number of halogens is 2. The third-order valence-electron chi connectivity index (χ3n) is 4.92. The number of aliphatic imine (C=N–C) groups is 1. The van der Waals surface area contributed by atoms with Crippen molar-refractivity contribution in [3.63, 3.8) is 0 Å². The molecule has 154 valence electrons. The van der Waals surface area contributed by atoms with Gasteiger partial charge < -0.3 is 5.73 Å². The Kier molecular flexibility index (Phi) is 5.02. The maximum absolute atomic E-state index is 14.6. The van der Waals surface area contributed by atoms with E-state index in [0.29, 0.717) is 11.3 Å². The largest absolute Gasteiger partial charge is 0.384 e. The molecular formula is C19H20F2N4O3S. The lowest BCUT2D eigenvalue weighted by molar-refractivity contribution is 0.0987. The zero-order valence-electron chi connectivity index (χ0n) is 16.1. The van der Waals surface area contributed by atoms with Crippen LogP contribution in [0.5, 0.6) is 0 Å². The van der Waals surface area contributed by atoms with Crippen LogP contribution in [-0.2, 0) is 21.8 Å². The molecule has 0 radical (unpaired) electrons. The van der Waals surface area contributed by atoms with Crippen molar-refractivity contribution in [3.05, 3.63) is 58.9 Å². The molecule has 2 atom stereocenters. The van der Waals surface area contributed by atoms with Gasteiger partial charge in [0, 0.05) is 18.2 Å². The normalized spacial score (nSPS) is 26.0. The Balaban J connectivity index is 1.98. The summed E-state index contributed by atoms with van der Waals surface area (Å²) in [5.41, 5.74) is 5.10. The predicted octanol–water partition coefficient (Wildman–Crippen LogP) is 2.04. The maximum Gasteiger partial charge on any atom is 0.263 e. The summed E-state index contributed by atoms with van der Waals surface area (Å²) in [6, 6.07) is 3.87. The second-order valence-corrected chi connectivity index (χ2v) is 9.69. The van der Waals surface area contributed by atoms with Crippen molar-refractivity contribution in [1.29, 1.82) is 0 Å². The van der Waals surface area contributed by atoms with E-state index in [9.17, 15) is 22.0 Å². The maximum atomic E-state index is 14.6. The molecule has 3 rings (SSSR count). The first-order chi connectivity index (χ1) is 13.4. The summed E-state index contributed by atoms with van der Waals surface area (Å²) in [6.45, 7) is 3.91. The Morgan fingerprint density at radius 3 is 2.52 bits per heavy atom. The van der Waals surface area contributed by atoms with Gasteiger partial charge in [-0.05, 0) is 38.5 Å². The van der Waals surface area contributed by atoms with E-state index in [0.717, 1.165) is 13.0 Å². The van der Waals surface area contributed by atoms with Crippen LogP contribution in [0.15, 0.2) is 35.6 Å². The summed E-state index contributed by atoms with van der Waals surface area (Å²) in [4.78, 5) is 24.4. The van der Waals surface area contributed by atoms with Crippen molar-refractivity contribution in [3.8, 4) is 0 Å². The van der Waals surface area contributed by atoms with Crippen molar-refractivity contribution in [2.75, 3.05) is 5.75 Å². The fraction of sp³-hybridized carbons (Fsp3) is 0.368. The van der Waals surface area contributed by atoms with Crippen LogP contribution in [0.2, 0.25) is 0 Å². The first-order valence-electron chi connectivity index (χ1n) is 8.73. The monoisotopic (exact) mass is 422 g/mol. The number of alkyl halides is 1. The van der Waals surface area contributed by atoms with Crippen LogP contribution in [-0.4, -0.2) is 40.8 Å². The summed E-state index contributed by atoms with van der Waals surface area (Å²) in [7, 11) is -4.34. The van der Waals surface area contributed by atoms with Crippen LogP contribution in [0.3, 0.4) is 0 Å². The number of hydrogen-bond donors (Lipinski definition) is 1. The van der Waals surface area contributed by atoms with Gasteiger partial charge in [0.05, 0.1) is 17.6 Å². The molecule has 1 aliphatic rings. The highest BCUT2D eigenvalue weighted by molar-refractivity contribution is 7.93. The molecule has 0 amide bonds. The zero-order valence-corrected chi connectivity index (χ0v) is 16.9. The molecule has 0 fully saturated rings. The van der Waals surface area contributed by atoms with Gasteiger partial charge in [-0.25, -0.2) is 22.2 Å². The van der Waals surface area contributed by atoms with Crippen LogP contribution in [0.4, 0.5) is 8.78 Å². The number of carbonyl (C=O) groups is 1. The molecule has 7 nitrogen and oxygen atoms in total. The minimum atomic E-state index is -4.34. The highest BCUT2D eigenvalue weighted by Gasteiger charge is 2.53. The second-order valence-electron chi connectivity index (χ2n) is 7.40. The molecule has 0 bridgehead atoms. The number of ketones is 1. The van der Waals surface area contributed by atoms with E-state index in [1.54, 1.807) is 6.92 Å². The first kappa shape index (κ1) is 21.0. The van der Waals surface area contributed by atoms with Gasteiger partial charge in [0.2, 0.25) is 0 Å². The number of Topliss-reactive ketones (excluding diaryl/α,β-unsaturated/α-hetero) is 1. The summed E-state index contributed by atoms with van der Waals surface area (Å²) >= 11 is 0. The Morgan fingerprint density at radius 1 is 1.24 bits per heavy atom. The smallest absolute Gasteiger partial charge is 0.263 e. The van der Waals surface area contributed by atoms with E-state index in [2.05, 4.69) is 15.0 Å². The molecule has 29 heavy (non-hydrogen) atoms. The number of aromatic nitrogens is 2. The van der Waals surface area contributed by atoms with Crippen molar-refractivity contribution in [2.24, 2.45) is 10.7 Å². The SMILES string of the molecule is Cc1cnc(C(=O)Cc2ccc(F)c([C@]3(C)CS(=O)(=O)[C@](C)(F)C(N)=N3)c2)cn1. The molecule has 0 spiro atoms. The standard InChI is InChI=1S/C19H20F2N4O3S/c1-11-8-24-15(9-23-11)16(26)7-12-4-5-14(20)13(6-12)18(2)10-29(27,28)19(3,21)17(22)25-18/h4-6,8-9H,7,10H2,1-3H3,(H2,22,25)/t18-,19-/m0/s1. The van der Waals surface area contributed by atoms with Gasteiger partial charge in [0.1, 0.15) is 22.9 Å². The van der Waals surface area contributed by atoms with Crippen LogP contribution >= 0.6 is 0 Å². The number of rotatable bonds is 4. The lowest BCUT2D eigenvalue weighted by Gasteiger charge is -2.35. The molecule has 2 heterocycles. The van der Waals surface area contributed by atoms with Crippen LogP contribution in [0.25, 0.3) is 0 Å². The third kappa shape index (κ3) is 3.76. The van der Waals surface area contributed by atoms with E-state index in [4.69, 9.17) is 5.73 Å². The molecule has 2 aromatic rings. The van der Waals surface area contributed by atoms with Crippen molar-refractivity contribution in [2.45, 2.75) is 37.7 Å². The van der Waals surface area contributed by atoms with Crippen LogP contribution in [0.1, 0.15) is 41.2 Å². The van der Waals surface area contributed by atoms with Gasteiger partial charge in [-0.2, -0.15) is 0 Å². The Hall–Kier alpha value is -2.75. The minimum absolute atomic E-state index is 0.0835. The second kappa shape index (κ2) is 6.94. The average molecular weight is 422 g/mol. The lowest BCUT2D eigenvalue weighted by atomic mass is 9.91. The van der Waals surface area contributed by atoms with Crippen LogP contribution < -0.4 is 5.73 Å². The molecule has 0 aliphatic carbocycles. The highest BCUT2D eigenvalue weighted by atomic mass is 32.2. The van der Waals surface area contributed by atoms with Gasteiger partial charge in [0.25, 0.3) is 5.00 Å². The van der Waals surface area contributed by atoms with Crippen LogP contribution in [0, 0.1) is 12.7 Å². The number of amidine groups is 1. The number of sulfone groups is 1. The highest BCUT2D eigenvalue weighted by Crippen LogP contribution is 2.38. The number of hydrogen-bond acceptors (Lipinski definition) is 7. The molecule has 0 unspecified atom stereocenters. The van der Waals surface area contributed by atoms with E-state index in [1.807, 2.05) is 0 Å². The molecule has 10 heteroatoms. The number of nitrogens with two attached hydrogens (primary N) is 1. The number of aryl methyl sites for hydroxylation is 1. The summed E-state index contributed by atoms with van der Waals surface area (Å²) in [5, 5.41) is -2.82. The third-order valence-corrected chi connectivity index (χ3v) is 7.24.